The number of hydrogen-bond donors (Lipinski definition) is 1. The summed E-state index contributed by atoms with van der Waals surface area (Å²) in [7, 11) is 0. The van der Waals surface area contributed by atoms with Crippen LogP contribution in [0.4, 0.5) is 5.69 Å². The van der Waals surface area contributed by atoms with Crippen LogP contribution in [-0.2, 0) is 0 Å². The quantitative estimate of drug-likeness (QED) is 0.880. The van der Waals surface area contributed by atoms with Gasteiger partial charge < -0.3 is 5.32 Å². The first-order chi connectivity index (χ1) is 8.79. The highest BCUT2D eigenvalue weighted by atomic mass is 79.9. The van der Waals surface area contributed by atoms with Gasteiger partial charge >= 0.3 is 0 Å². The van der Waals surface area contributed by atoms with Gasteiger partial charge in [0.1, 0.15) is 0 Å². The molecule has 0 radical (unpaired) electrons. The number of nitrogens with one attached hydrogen (secondary N) is 1. The molecule has 1 aliphatic rings. The van der Waals surface area contributed by atoms with Crippen molar-refractivity contribution in [1.29, 1.82) is 0 Å². The number of benzene rings is 1. The number of piperidine rings is 1. The molecule has 1 heterocycles. The first kappa shape index (κ1) is 13.9. The molecule has 0 spiro atoms. The Labute approximate surface area is 119 Å². The van der Waals surface area contributed by atoms with Gasteiger partial charge in [-0.25, -0.2) is 0 Å². The molecule has 1 fully saturated rings. The lowest BCUT2D eigenvalue weighted by Crippen LogP contribution is -2.41. The van der Waals surface area contributed by atoms with E-state index in [9.17, 15) is 0 Å². The number of anilines is 1. The Morgan fingerprint density at radius 1 is 1.39 bits per heavy atom. The van der Waals surface area contributed by atoms with Crippen LogP contribution in [0.25, 0.3) is 0 Å². The molecule has 0 amide bonds. The first-order valence-electron chi connectivity index (χ1n) is 7.03. The van der Waals surface area contributed by atoms with Crippen molar-refractivity contribution in [3.63, 3.8) is 0 Å². The molecule has 1 atom stereocenters. The summed E-state index contributed by atoms with van der Waals surface area (Å²) in [6, 6.07) is 9.19. The van der Waals surface area contributed by atoms with E-state index in [1.807, 2.05) is 0 Å². The third-order valence-corrected chi connectivity index (χ3v) is 4.27. The molecule has 0 aliphatic carbocycles. The Bertz CT molecular complexity index is 367. The number of rotatable bonds is 5. The fraction of sp³-hybridized carbons (Fsp3) is 0.600. The Morgan fingerprint density at radius 3 is 3.06 bits per heavy atom. The molecule has 1 unspecified atom stereocenters. The lowest BCUT2D eigenvalue weighted by atomic mass is 10.0. The number of likely N-dealkylation sites (tertiary alicyclic amines) is 1. The summed E-state index contributed by atoms with van der Waals surface area (Å²) in [5, 5.41) is 3.51. The summed E-state index contributed by atoms with van der Waals surface area (Å²) in [6.07, 6.45) is 5.45. The lowest BCUT2D eigenvalue weighted by Gasteiger charge is -2.35. The van der Waals surface area contributed by atoms with Gasteiger partial charge in [-0.2, -0.15) is 0 Å². The number of hydrogen-bond acceptors (Lipinski definition) is 2. The first-order valence-corrected chi connectivity index (χ1v) is 7.82. The maximum Gasteiger partial charge on any atom is 0.0351 e. The number of halogens is 1. The van der Waals surface area contributed by atoms with Crippen LogP contribution >= 0.6 is 15.9 Å². The molecule has 100 valence electrons. The van der Waals surface area contributed by atoms with E-state index in [0.29, 0.717) is 0 Å². The largest absolute Gasteiger partial charge is 0.384 e. The molecule has 0 bridgehead atoms. The van der Waals surface area contributed by atoms with Crippen molar-refractivity contribution in [2.45, 2.75) is 38.6 Å². The van der Waals surface area contributed by atoms with Crippen molar-refractivity contribution in [3.8, 4) is 0 Å². The zero-order valence-corrected chi connectivity index (χ0v) is 12.7. The van der Waals surface area contributed by atoms with E-state index >= 15 is 0 Å². The molecule has 2 nitrogen and oxygen atoms in total. The molecular weight excluding hydrogens is 288 g/mol. The minimum atomic E-state index is 0.808. The third-order valence-electron chi connectivity index (χ3n) is 3.77. The third kappa shape index (κ3) is 3.99. The van der Waals surface area contributed by atoms with E-state index in [4.69, 9.17) is 0 Å². The van der Waals surface area contributed by atoms with Gasteiger partial charge in [0.05, 0.1) is 0 Å². The van der Waals surface area contributed by atoms with Gasteiger partial charge in [-0.05, 0) is 44.0 Å². The van der Waals surface area contributed by atoms with Crippen molar-refractivity contribution in [3.05, 3.63) is 28.7 Å². The van der Waals surface area contributed by atoms with E-state index < -0.39 is 0 Å². The average molecular weight is 311 g/mol. The second-order valence-corrected chi connectivity index (χ2v) is 5.95. The smallest absolute Gasteiger partial charge is 0.0351 e. The molecular formula is C15H23BrN2. The van der Waals surface area contributed by atoms with Crippen molar-refractivity contribution in [2.24, 2.45) is 0 Å². The zero-order chi connectivity index (χ0) is 12.8. The van der Waals surface area contributed by atoms with Crippen molar-refractivity contribution < 1.29 is 0 Å². The fourth-order valence-electron chi connectivity index (χ4n) is 2.76. The summed E-state index contributed by atoms with van der Waals surface area (Å²) in [5.41, 5.74) is 1.20. The second kappa shape index (κ2) is 7.15. The lowest BCUT2D eigenvalue weighted by molar-refractivity contribution is 0.150. The highest BCUT2D eigenvalue weighted by Gasteiger charge is 2.19. The summed E-state index contributed by atoms with van der Waals surface area (Å²) in [4.78, 5) is 2.65. The standard InChI is InChI=1S/C15H23BrN2/c1-2-15-8-3-4-10-18(15)11-9-17-14-7-5-6-13(16)12-14/h5-7,12,15,17H,2-4,8-11H2,1H3. The summed E-state index contributed by atoms with van der Waals surface area (Å²) < 4.78 is 1.14. The van der Waals surface area contributed by atoms with Crippen LogP contribution in [0.2, 0.25) is 0 Å². The van der Waals surface area contributed by atoms with Gasteiger partial charge in [0.15, 0.2) is 0 Å². The van der Waals surface area contributed by atoms with Gasteiger partial charge in [-0.3, -0.25) is 4.90 Å². The SMILES string of the molecule is CCC1CCCCN1CCNc1cccc(Br)c1. The van der Waals surface area contributed by atoms with Crippen LogP contribution in [0.15, 0.2) is 28.7 Å². The minimum absolute atomic E-state index is 0.808. The van der Waals surface area contributed by atoms with Crippen molar-refractivity contribution in [2.75, 3.05) is 25.0 Å². The Balaban J connectivity index is 1.77. The normalized spacial score (nSPS) is 20.9. The van der Waals surface area contributed by atoms with Crippen LogP contribution < -0.4 is 5.32 Å². The minimum Gasteiger partial charge on any atom is -0.384 e. The van der Waals surface area contributed by atoms with Gasteiger partial charge in [0, 0.05) is 29.3 Å². The molecule has 1 aromatic rings. The van der Waals surface area contributed by atoms with Gasteiger partial charge in [0.2, 0.25) is 0 Å². The van der Waals surface area contributed by atoms with Crippen LogP contribution in [0, 0.1) is 0 Å². The van der Waals surface area contributed by atoms with E-state index in [2.05, 4.69) is 57.3 Å². The Hall–Kier alpha value is -0.540. The molecule has 1 saturated heterocycles. The van der Waals surface area contributed by atoms with Crippen molar-refractivity contribution in [1.82, 2.24) is 4.90 Å². The van der Waals surface area contributed by atoms with Gasteiger partial charge in [-0.1, -0.05) is 35.3 Å². The highest BCUT2D eigenvalue weighted by Crippen LogP contribution is 2.19. The summed E-state index contributed by atoms with van der Waals surface area (Å²) in [6.45, 7) is 5.78. The zero-order valence-electron chi connectivity index (χ0n) is 11.2. The fourth-order valence-corrected chi connectivity index (χ4v) is 3.16. The predicted molar refractivity (Wildman–Crippen MR) is 82.1 cm³/mol. The second-order valence-electron chi connectivity index (χ2n) is 5.03. The van der Waals surface area contributed by atoms with Crippen molar-refractivity contribution >= 4 is 21.6 Å². The molecule has 1 N–H and O–H groups in total. The maximum absolute atomic E-state index is 3.51. The Kier molecular flexibility index (Phi) is 5.51. The monoisotopic (exact) mass is 310 g/mol. The molecule has 1 aliphatic heterocycles. The molecule has 2 rings (SSSR count). The van der Waals surface area contributed by atoms with Crippen LogP contribution in [0.1, 0.15) is 32.6 Å². The number of nitrogens with zero attached hydrogens (tertiary/aromatic N) is 1. The molecule has 3 heteroatoms. The summed E-state index contributed by atoms with van der Waals surface area (Å²) in [5.74, 6) is 0. The maximum atomic E-state index is 3.51. The van der Waals surface area contributed by atoms with E-state index in [-0.39, 0.29) is 0 Å². The highest BCUT2D eigenvalue weighted by molar-refractivity contribution is 9.10. The van der Waals surface area contributed by atoms with E-state index in [0.717, 1.165) is 23.6 Å². The van der Waals surface area contributed by atoms with Crippen LogP contribution in [-0.4, -0.2) is 30.6 Å². The molecule has 0 saturated carbocycles. The van der Waals surface area contributed by atoms with E-state index in [1.54, 1.807) is 0 Å². The van der Waals surface area contributed by atoms with Crippen LogP contribution in [0.5, 0.6) is 0 Å². The topological polar surface area (TPSA) is 15.3 Å². The predicted octanol–water partition coefficient (Wildman–Crippen LogP) is 4.13. The molecule has 0 aromatic heterocycles. The van der Waals surface area contributed by atoms with E-state index in [1.165, 1.54) is 37.9 Å². The average Bonchev–Trinajstić information content (AvgIpc) is 2.39. The van der Waals surface area contributed by atoms with Crippen LogP contribution in [0.3, 0.4) is 0 Å². The molecule has 1 aromatic carbocycles. The Morgan fingerprint density at radius 2 is 2.28 bits per heavy atom. The van der Waals surface area contributed by atoms with Gasteiger partial charge in [0.25, 0.3) is 0 Å². The van der Waals surface area contributed by atoms with Gasteiger partial charge in [-0.15, -0.1) is 0 Å². The summed E-state index contributed by atoms with van der Waals surface area (Å²) >= 11 is 3.50. The molecule has 18 heavy (non-hydrogen) atoms.